The van der Waals surface area contributed by atoms with E-state index in [-0.39, 0.29) is 5.75 Å². The van der Waals surface area contributed by atoms with Crippen LogP contribution in [0.15, 0.2) is 29.3 Å². The Morgan fingerprint density at radius 2 is 2.00 bits per heavy atom. The molecule has 0 atom stereocenters. The summed E-state index contributed by atoms with van der Waals surface area (Å²) in [5.41, 5.74) is 1.05. The number of nitrogens with zero attached hydrogens (tertiary/aromatic N) is 1. The van der Waals surface area contributed by atoms with Gasteiger partial charge in [0.15, 0.2) is 5.96 Å². The Balaban J connectivity index is 2.50. The molecule has 0 heterocycles. The van der Waals surface area contributed by atoms with E-state index in [2.05, 4.69) is 15.6 Å². The van der Waals surface area contributed by atoms with Crippen LogP contribution in [0.5, 0.6) is 5.75 Å². The van der Waals surface area contributed by atoms with Crippen LogP contribution in [0, 0.1) is 0 Å². The molecule has 100 valence electrons. The molecule has 3 N–H and O–H groups in total. The van der Waals surface area contributed by atoms with Crippen LogP contribution in [0.2, 0.25) is 0 Å². The second-order valence-electron chi connectivity index (χ2n) is 3.78. The first kappa shape index (κ1) is 14.3. The minimum Gasteiger partial charge on any atom is -0.508 e. The highest BCUT2D eigenvalue weighted by Gasteiger charge is 1.97. The van der Waals surface area contributed by atoms with Gasteiger partial charge in [-0.1, -0.05) is 12.1 Å². The Labute approximate surface area is 108 Å². The largest absolute Gasteiger partial charge is 0.508 e. The highest BCUT2D eigenvalue weighted by Crippen LogP contribution is 2.10. The Kier molecular flexibility index (Phi) is 6.64. The van der Waals surface area contributed by atoms with Crippen molar-refractivity contribution in [2.75, 3.05) is 26.8 Å². The summed E-state index contributed by atoms with van der Waals surface area (Å²) in [5, 5.41) is 15.5. The fourth-order valence-electron chi connectivity index (χ4n) is 1.38. The van der Waals surface area contributed by atoms with Gasteiger partial charge in [0.05, 0.1) is 13.2 Å². The van der Waals surface area contributed by atoms with Gasteiger partial charge in [0, 0.05) is 20.2 Å². The Bertz CT molecular complexity index is 363. The summed E-state index contributed by atoms with van der Waals surface area (Å²) in [4.78, 5) is 4.44. The summed E-state index contributed by atoms with van der Waals surface area (Å²) in [5.74, 6) is 1.04. The Hall–Kier alpha value is -1.75. The third kappa shape index (κ3) is 5.54. The van der Waals surface area contributed by atoms with Crippen molar-refractivity contribution in [1.29, 1.82) is 0 Å². The topological polar surface area (TPSA) is 65.9 Å². The maximum atomic E-state index is 9.19. The number of aliphatic imine (C=N–C) groups is 1. The summed E-state index contributed by atoms with van der Waals surface area (Å²) in [6, 6.07) is 7.04. The van der Waals surface area contributed by atoms with Gasteiger partial charge in [-0.2, -0.15) is 0 Å². The maximum Gasteiger partial charge on any atom is 0.191 e. The molecule has 1 rings (SSSR count). The number of aromatic hydroxyl groups is 1. The van der Waals surface area contributed by atoms with Crippen LogP contribution < -0.4 is 10.6 Å². The third-order valence-electron chi connectivity index (χ3n) is 2.30. The van der Waals surface area contributed by atoms with Crippen LogP contribution in [-0.2, 0) is 11.3 Å². The van der Waals surface area contributed by atoms with E-state index in [1.165, 1.54) is 0 Å². The van der Waals surface area contributed by atoms with Crippen LogP contribution in [0.25, 0.3) is 0 Å². The van der Waals surface area contributed by atoms with Crippen molar-refractivity contribution in [2.24, 2.45) is 4.99 Å². The number of hydrogen-bond donors (Lipinski definition) is 3. The normalized spacial score (nSPS) is 11.3. The highest BCUT2D eigenvalue weighted by atomic mass is 16.5. The molecule has 5 nitrogen and oxygen atoms in total. The van der Waals surface area contributed by atoms with E-state index in [9.17, 15) is 5.11 Å². The number of phenols is 1. The number of rotatable bonds is 6. The smallest absolute Gasteiger partial charge is 0.191 e. The van der Waals surface area contributed by atoms with Crippen LogP contribution in [0.4, 0.5) is 0 Å². The van der Waals surface area contributed by atoms with E-state index in [1.807, 2.05) is 19.1 Å². The van der Waals surface area contributed by atoms with Crippen LogP contribution in [0.1, 0.15) is 12.5 Å². The lowest BCUT2D eigenvalue weighted by Crippen LogP contribution is -2.38. The summed E-state index contributed by atoms with van der Waals surface area (Å²) in [6.07, 6.45) is 0. The average Bonchev–Trinajstić information content (AvgIpc) is 2.38. The molecule has 0 saturated heterocycles. The lowest BCUT2D eigenvalue weighted by atomic mass is 10.2. The quantitative estimate of drug-likeness (QED) is 0.402. The average molecular weight is 251 g/mol. The van der Waals surface area contributed by atoms with Gasteiger partial charge in [-0.25, -0.2) is 4.99 Å². The third-order valence-corrected chi connectivity index (χ3v) is 2.30. The van der Waals surface area contributed by atoms with E-state index in [0.29, 0.717) is 13.2 Å². The number of guanidine groups is 1. The van der Waals surface area contributed by atoms with Crippen molar-refractivity contribution in [3.63, 3.8) is 0 Å². The second kappa shape index (κ2) is 8.36. The molecule has 0 amide bonds. The zero-order valence-electron chi connectivity index (χ0n) is 10.9. The van der Waals surface area contributed by atoms with Crippen molar-refractivity contribution in [3.05, 3.63) is 29.8 Å². The molecule has 0 unspecified atom stereocenters. The number of nitrogens with one attached hydrogen (secondary N) is 2. The number of phenolic OH excluding ortho intramolecular Hbond substituents is 1. The van der Waals surface area contributed by atoms with Gasteiger partial charge in [0.1, 0.15) is 5.75 Å². The molecule has 5 heteroatoms. The minimum atomic E-state index is 0.271. The van der Waals surface area contributed by atoms with Gasteiger partial charge in [-0.3, -0.25) is 0 Å². The second-order valence-corrected chi connectivity index (χ2v) is 3.78. The molecule has 0 spiro atoms. The van der Waals surface area contributed by atoms with E-state index < -0.39 is 0 Å². The Morgan fingerprint density at radius 1 is 1.28 bits per heavy atom. The minimum absolute atomic E-state index is 0.271. The highest BCUT2D eigenvalue weighted by molar-refractivity contribution is 5.79. The molecule has 0 fully saturated rings. The summed E-state index contributed by atoms with van der Waals surface area (Å²) < 4.78 is 4.97. The molecular formula is C13H21N3O2. The van der Waals surface area contributed by atoms with Gasteiger partial charge in [0.2, 0.25) is 0 Å². The van der Waals surface area contributed by atoms with E-state index >= 15 is 0 Å². The first-order valence-corrected chi connectivity index (χ1v) is 6.05. The standard InChI is InChI=1S/C13H21N3O2/c1-3-14-13(15-8-9-18-2)16-10-11-4-6-12(17)7-5-11/h4-7,17H,3,8-10H2,1-2H3,(H2,14,15,16). The summed E-state index contributed by atoms with van der Waals surface area (Å²) >= 11 is 0. The van der Waals surface area contributed by atoms with Gasteiger partial charge in [-0.05, 0) is 24.6 Å². The van der Waals surface area contributed by atoms with Crippen molar-refractivity contribution in [1.82, 2.24) is 10.6 Å². The molecule has 0 bridgehead atoms. The Morgan fingerprint density at radius 3 is 2.61 bits per heavy atom. The number of ether oxygens (including phenoxy) is 1. The maximum absolute atomic E-state index is 9.19. The zero-order valence-corrected chi connectivity index (χ0v) is 10.9. The van der Waals surface area contributed by atoms with Crippen LogP contribution in [-0.4, -0.2) is 37.9 Å². The first-order valence-electron chi connectivity index (χ1n) is 6.05. The van der Waals surface area contributed by atoms with Gasteiger partial charge in [-0.15, -0.1) is 0 Å². The van der Waals surface area contributed by atoms with Gasteiger partial charge in [0.25, 0.3) is 0 Å². The SMILES string of the molecule is CCNC(=NCc1ccc(O)cc1)NCCOC. The monoisotopic (exact) mass is 251 g/mol. The number of benzene rings is 1. The fourth-order valence-corrected chi connectivity index (χ4v) is 1.38. The first-order chi connectivity index (χ1) is 8.76. The predicted molar refractivity (Wildman–Crippen MR) is 72.8 cm³/mol. The van der Waals surface area contributed by atoms with Crippen LogP contribution >= 0.6 is 0 Å². The lowest BCUT2D eigenvalue weighted by molar-refractivity contribution is 0.203. The molecular weight excluding hydrogens is 230 g/mol. The molecule has 1 aromatic rings. The van der Waals surface area contributed by atoms with Crippen molar-refractivity contribution in [3.8, 4) is 5.75 Å². The molecule has 0 aliphatic heterocycles. The molecule has 18 heavy (non-hydrogen) atoms. The number of hydrogen-bond acceptors (Lipinski definition) is 3. The summed E-state index contributed by atoms with van der Waals surface area (Å²) in [7, 11) is 1.67. The van der Waals surface area contributed by atoms with E-state index in [1.54, 1.807) is 19.2 Å². The molecule has 0 radical (unpaired) electrons. The van der Waals surface area contributed by atoms with Crippen molar-refractivity contribution in [2.45, 2.75) is 13.5 Å². The lowest BCUT2D eigenvalue weighted by Gasteiger charge is -2.10. The molecule has 0 aliphatic carbocycles. The molecule has 0 aliphatic rings. The van der Waals surface area contributed by atoms with Gasteiger partial charge >= 0.3 is 0 Å². The molecule has 1 aromatic carbocycles. The molecule has 0 aromatic heterocycles. The van der Waals surface area contributed by atoms with E-state index in [4.69, 9.17) is 4.74 Å². The van der Waals surface area contributed by atoms with Gasteiger partial charge < -0.3 is 20.5 Å². The number of methoxy groups -OCH3 is 1. The zero-order chi connectivity index (χ0) is 13.2. The fraction of sp³-hybridized carbons (Fsp3) is 0.462. The molecule has 0 saturated carbocycles. The van der Waals surface area contributed by atoms with E-state index in [0.717, 1.165) is 24.6 Å². The van der Waals surface area contributed by atoms with Crippen LogP contribution in [0.3, 0.4) is 0 Å². The summed E-state index contributed by atoms with van der Waals surface area (Å²) in [6.45, 7) is 4.77. The van der Waals surface area contributed by atoms with Crippen molar-refractivity contribution >= 4 is 5.96 Å². The van der Waals surface area contributed by atoms with Crippen molar-refractivity contribution < 1.29 is 9.84 Å². The predicted octanol–water partition coefficient (Wildman–Crippen LogP) is 1.09.